The Kier molecular flexibility index (Phi) is 27.3. The molecule has 0 spiro atoms. The fourth-order valence-electron chi connectivity index (χ4n) is 13.7. The van der Waals surface area contributed by atoms with Crippen LogP contribution in [0.2, 0.25) is 0 Å². The van der Waals surface area contributed by atoms with Crippen LogP contribution < -0.4 is 58.7 Å². The Morgan fingerprint density at radius 3 is 1.57 bits per heavy atom. The topological polar surface area (TPSA) is 382 Å². The van der Waals surface area contributed by atoms with Gasteiger partial charge < -0.3 is 77.7 Å². The quantitative estimate of drug-likeness (QED) is 0.00805. The third kappa shape index (κ3) is 22.2. The van der Waals surface area contributed by atoms with Gasteiger partial charge in [0.2, 0.25) is 47.3 Å². The lowest BCUT2D eigenvalue weighted by atomic mass is 9.77. The first kappa shape index (κ1) is 82.1. The number of fused-ring (bicyclic) bond motifs is 4. The van der Waals surface area contributed by atoms with Crippen molar-refractivity contribution in [1.82, 2.24) is 42.5 Å². The second-order valence-corrected chi connectivity index (χ2v) is 29.7. The number of hydrogen-bond donors (Lipinski definition) is 10. The van der Waals surface area contributed by atoms with Gasteiger partial charge in [-0.3, -0.25) is 43.2 Å². The van der Waals surface area contributed by atoms with E-state index >= 15 is 24.0 Å². The fraction of sp³-hybridized carbons (Fsp3) is 0.337. The van der Waals surface area contributed by atoms with E-state index in [1.54, 1.807) is 126 Å². The summed E-state index contributed by atoms with van der Waals surface area (Å²) in [5.41, 5.74) is 12.9. The maximum absolute atomic E-state index is 15.7. The van der Waals surface area contributed by atoms with Crippen molar-refractivity contribution in [3.8, 4) is 16.9 Å². The molecule has 8 aromatic rings. The first-order valence-electron chi connectivity index (χ1n) is 37.2. The molecule has 10 amide bonds. The summed E-state index contributed by atoms with van der Waals surface area (Å²) in [6.07, 6.45) is -4.94. The van der Waals surface area contributed by atoms with E-state index < -0.39 is 144 Å². The zero-order valence-corrected chi connectivity index (χ0v) is 63.5. The van der Waals surface area contributed by atoms with Crippen molar-refractivity contribution in [2.24, 2.45) is 11.5 Å². The number of carbonyl (C=O) groups is 11. The Balaban J connectivity index is 0.952. The molecule has 0 radical (unpaired) electrons. The van der Waals surface area contributed by atoms with Gasteiger partial charge in [0, 0.05) is 51.2 Å². The molecule has 2 aliphatic rings. The molecule has 12 N–H and O–H groups in total. The molecule has 0 aromatic heterocycles. The second-order valence-electron chi connectivity index (χ2n) is 29.7. The molecular formula is C86H96N10O16. The first-order valence-corrected chi connectivity index (χ1v) is 37.2. The normalized spacial score (nSPS) is 14.4. The summed E-state index contributed by atoms with van der Waals surface area (Å²) >= 11 is 0. The minimum atomic E-state index is -1.95. The lowest BCUT2D eigenvalue weighted by Crippen LogP contribution is -2.67. The highest BCUT2D eigenvalue weighted by molar-refractivity contribution is 6.00. The average Bonchev–Trinajstić information content (AvgIpc) is 1.57. The molecule has 1 heterocycles. The Hall–Kier alpha value is -12.5. The van der Waals surface area contributed by atoms with E-state index in [1.807, 2.05) is 121 Å². The average molecular weight is 1530 g/mol. The maximum atomic E-state index is 15.7. The van der Waals surface area contributed by atoms with E-state index in [1.165, 1.54) is 0 Å². The third-order valence-corrected chi connectivity index (χ3v) is 19.1. The van der Waals surface area contributed by atoms with Crippen molar-refractivity contribution in [3.05, 3.63) is 245 Å². The van der Waals surface area contributed by atoms with Crippen molar-refractivity contribution in [2.75, 3.05) is 33.0 Å². The zero-order chi connectivity index (χ0) is 80.2. The fourth-order valence-corrected chi connectivity index (χ4v) is 13.7. The lowest BCUT2D eigenvalue weighted by Gasteiger charge is -2.38. The van der Waals surface area contributed by atoms with Crippen LogP contribution in [0.5, 0.6) is 5.75 Å². The van der Waals surface area contributed by atoms with Crippen LogP contribution in [0.25, 0.3) is 21.9 Å². The van der Waals surface area contributed by atoms with E-state index in [0.717, 1.165) is 33.0 Å². The number of esters is 1. The van der Waals surface area contributed by atoms with Crippen LogP contribution in [0.15, 0.2) is 206 Å². The highest BCUT2D eigenvalue weighted by atomic mass is 16.6. The van der Waals surface area contributed by atoms with Crippen LogP contribution in [0.1, 0.15) is 125 Å². The number of primary amides is 2. The molecule has 26 heteroatoms. The van der Waals surface area contributed by atoms with Crippen LogP contribution in [0, 0.1) is 0 Å². The van der Waals surface area contributed by atoms with Crippen molar-refractivity contribution in [3.63, 3.8) is 0 Å². The molecule has 1 aliphatic carbocycles. The second kappa shape index (κ2) is 37.3. The van der Waals surface area contributed by atoms with Crippen molar-refractivity contribution < 1.29 is 76.4 Å². The van der Waals surface area contributed by atoms with E-state index in [0.29, 0.717) is 33.6 Å². The highest BCUT2D eigenvalue weighted by Crippen LogP contribution is 2.45. The number of carbonyl (C=O) groups excluding carboxylic acids is 11. The number of alkyl carbamates (subject to hydrolysis) is 2. The van der Waals surface area contributed by atoms with Gasteiger partial charge in [0.15, 0.2) is 0 Å². The smallest absolute Gasteiger partial charge is 0.407 e. The summed E-state index contributed by atoms with van der Waals surface area (Å²) in [4.78, 5) is 158. The number of hydrogen-bond acceptors (Lipinski definition) is 16. The summed E-state index contributed by atoms with van der Waals surface area (Å²) in [6, 6.07) is 54.0. The molecule has 8 aromatic carbocycles. The van der Waals surface area contributed by atoms with Crippen LogP contribution in [-0.2, 0) is 80.5 Å². The predicted octanol–water partition coefficient (Wildman–Crippen LogP) is 8.02. The van der Waals surface area contributed by atoms with Crippen molar-refractivity contribution in [1.29, 1.82) is 0 Å². The largest absolute Gasteiger partial charge is 0.492 e. The summed E-state index contributed by atoms with van der Waals surface area (Å²) in [7, 11) is 0. The number of ether oxygens (including phenoxy) is 5. The summed E-state index contributed by atoms with van der Waals surface area (Å²) in [6.45, 7) is 10.0. The minimum Gasteiger partial charge on any atom is -0.492 e. The van der Waals surface area contributed by atoms with E-state index in [9.17, 15) is 28.8 Å². The molecule has 10 rings (SSSR count). The summed E-state index contributed by atoms with van der Waals surface area (Å²) < 4.78 is 28.7. The Bertz CT molecular complexity index is 4540. The van der Waals surface area contributed by atoms with Gasteiger partial charge in [0.1, 0.15) is 71.5 Å². The van der Waals surface area contributed by atoms with Gasteiger partial charge in [-0.15, -0.1) is 0 Å². The lowest BCUT2D eigenvalue weighted by molar-refractivity contribution is -0.155. The van der Waals surface area contributed by atoms with Crippen LogP contribution >= 0.6 is 0 Å². The van der Waals surface area contributed by atoms with Gasteiger partial charge in [-0.25, -0.2) is 9.59 Å². The van der Waals surface area contributed by atoms with Crippen molar-refractivity contribution >= 4 is 76.2 Å². The summed E-state index contributed by atoms with van der Waals surface area (Å²) in [5, 5.41) is 23.8. The van der Waals surface area contributed by atoms with Gasteiger partial charge in [-0.1, -0.05) is 194 Å². The molecular weight excluding hydrogens is 1430 g/mol. The first-order chi connectivity index (χ1) is 53.5. The molecule has 26 nitrogen and oxygen atoms in total. The van der Waals surface area contributed by atoms with Gasteiger partial charge in [0.05, 0.1) is 19.4 Å². The van der Waals surface area contributed by atoms with Gasteiger partial charge in [-0.2, -0.15) is 0 Å². The van der Waals surface area contributed by atoms with E-state index in [2.05, 4.69) is 42.5 Å². The van der Waals surface area contributed by atoms with Crippen molar-refractivity contribution in [2.45, 2.75) is 151 Å². The number of rotatable bonds is 33. The number of amides is 10. The highest BCUT2D eigenvalue weighted by Gasteiger charge is 2.46. The van der Waals surface area contributed by atoms with Gasteiger partial charge in [0.25, 0.3) is 0 Å². The third-order valence-electron chi connectivity index (χ3n) is 19.1. The van der Waals surface area contributed by atoms with Crippen LogP contribution in [0.3, 0.4) is 0 Å². The minimum absolute atomic E-state index is 0.0847. The maximum Gasteiger partial charge on any atom is 0.407 e. The summed E-state index contributed by atoms with van der Waals surface area (Å²) in [5.74, 6) is -8.71. The van der Waals surface area contributed by atoms with E-state index in [4.69, 9.17) is 35.2 Å². The molecule has 586 valence electrons. The molecule has 1 fully saturated rings. The molecule has 112 heavy (non-hydrogen) atoms. The number of benzene rings is 8. The molecule has 1 aliphatic heterocycles. The van der Waals surface area contributed by atoms with Gasteiger partial charge >= 0.3 is 18.2 Å². The number of nitrogens with two attached hydrogens (primary N) is 2. The van der Waals surface area contributed by atoms with Crippen LogP contribution in [-0.4, -0.2) is 145 Å². The molecule has 5 atom stereocenters. The zero-order valence-electron chi connectivity index (χ0n) is 63.5. The number of nitrogens with one attached hydrogen (secondary N) is 8. The Morgan fingerprint density at radius 1 is 0.500 bits per heavy atom. The SMILES string of the molecule is CC(C)(C)OC(=O)CC[C@H](NC(=O)C1(NC(=O)[C@H](Cc2ccc3ccccc3c2)NC(=O)C(Cc2ccc(OCCNC(=O)OC(C)(C)C)cc2)NC(=O)OCC2c3ccccc3-c3ccccc32)CCOCC1)C(=O)N[C@@H](CC(=O)NC(c1ccccc1)(c1ccccc1)c1ccccc1)C(=O)N[C@@H](CC(N)=O)C(N)=O. The predicted molar refractivity (Wildman–Crippen MR) is 418 cm³/mol. The van der Waals surface area contributed by atoms with E-state index in [-0.39, 0.29) is 64.6 Å². The molecule has 1 saturated heterocycles. The monoisotopic (exact) mass is 1520 g/mol. The Morgan fingerprint density at radius 2 is 1.00 bits per heavy atom. The van der Waals surface area contributed by atoms with Gasteiger partial charge in [-0.05, 0) is 121 Å². The standard InChI is InChI=1S/C86H96N10O16/c1-83(2,3)111-74(99)41-40-67(76(101)92-71(78(103)90-68(75(88)100)51-72(87)97)52-73(98)95-86(58-24-10-7-11-25-58,59-26-12-8-13-27-59)60-28-14-9-15-29-60)93-80(105)85(42-45-108-46-43-85)96-79(104)70(50-55-34-37-56-22-16-17-23-57(56)48-55)91-77(102)69(49-54-35-38-61(39-36-54)109-47-44-89-81(106)112-84(4,5)6)94-82(107)110-53-66-64-32-20-18-30-62(64)63-31-19-21-33-65(63)66/h7-39,48,66-71H,40-47,49-53H2,1-6H3,(H2,87,97)(H2,88,100)(H,89,106)(H,90,103)(H,91,102)(H,92,101)(H,93,105)(H,94,107)(H,95,98)(H,96,104)/t67-,68-,69?,70-,71-/m0/s1. The van der Waals surface area contributed by atoms with Crippen LogP contribution in [0.4, 0.5) is 9.59 Å². The molecule has 1 unspecified atom stereocenters. The molecule has 0 bridgehead atoms. The Labute approximate surface area is 649 Å². The molecule has 0 saturated carbocycles.